The van der Waals surface area contributed by atoms with Crippen LogP contribution in [-0.4, -0.2) is 36.1 Å². The molecule has 0 radical (unpaired) electrons. The van der Waals surface area contributed by atoms with Crippen molar-refractivity contribution in [2.24, 2.45) is 17.8 Å². The van der Waals surface area contributed by atoms with Crippen molar-refractivity contribution >= 4 is 11.9 Å². The molecule has 1 aliphatic carbocycles. The number of hydrogen-bond donors (Lipinski definition) is 3. The summed E-state index contributed by atoms with van der Waals surface area (Å²) in [7, 11) is 0. The van der Waals surface area contributed by atoms with Gasteiger partial charge in [0.2, 0.25) is 5.91 Å². The smallest absolute Gasteiger partial charge is 0.306 e. The van der Waals surface area contributed by atoms with Gasteiger partial charge in [0, 0.05) is 6.04 Å². The maximum atomic E-state index is 11.7. The van der Waals surface area contributed by atoms with Crippen LogP contribution in [0.1, 0.15) is 40.0 Å². The monoisotopic (exact) mass is 270 g/mol. The highest BCUT2D eigenvalue weighted by Crippen LogP contribution is 2.31. The van der Waals surface area contributed by atoms with Crippen molar-refractivity contribution in [2.45, 2.75) is 46.1 Å². The molecule has 0 aromatic rings. The molecule has 1 amide bonds. The number of aliphatic carboxylic acids is 1. The first kappa shape index (κ1) is 16.0. The summed E-state index contributed by atoms with van der Waals surface area (Å²) in [4.78, 5) is 22.7. The van der Waals surface area contributed by atoms with Crippen LogP contribution in [0.25, 0.3) is 0 Å². The maximum absolute atomic E-state index is 11.7. The normalized spacial score (nSPS) is 24.4. The number of carbonyl (C=O) groups is 2. The summed E-state index contributed by atoms with van der Waals surface area (Å²) in [5.74, 6) is -0.401. The second kappa shape index (κ2) is 7.48. The Bertz CT molecular complexity index is 318. The SMILES string of the molecule is CC(C)C(C)NC(=O)CNCC1CCCC1C(=O)O. The van der Waals surface area contributed by atoms with E-state index in [1.54, 1.807) is 0 Å². The van der Waals surface area contributed by atoms with Crippen LogP contribution >= 0.6 is 0 Å². The molecule has 19 heavy (non-hydrogen) atoms. The van der Waals surface area contributed by atoms with Crippen LogP contribution in [0.3, 0.4) is 0 Å². The highest BCUT2D eigenvalue weighted by Gasteiger charge is 2.32. The molecular weight excluding hydrogens is 244 g/mol. The van der Waals surface area contributed by atoms with Crippen molar-refractivity contribution in [1.82, 2.24) is 10.6 Å². The Balaban J connectivity index is 2.23. The molecular formula is C14H26N2O3. The van der Waals surface area contributed by atoms with Crippen LogP contribution in [0.4, 0.5) is 0 Å². The summed E-state index contributed by atoms with van der Waals surface area (Å²) >= 11 is 0. The number of nitrogens with one attached hydrogen (secondary N) is 2. The van der Waals surface area contributed by atoms with E-state index in [-0.39, 0.29) is 30.3 Å². The molecule has 1 fully saturated rings. The standard InChI is InChI=1S/C14H26N2O3/c1-9(2)10(3)16-13(17)8-15-7-11-5-4-6-12(11)14(18)19/h9-12,15H,4-8H2,1-3H3,(H,16,17)(H,18,19). The van der Waals surface area contributed by atoms with Gasteiger partial charge in [-0.05, 0) is 38.1 Å². The minimum atomic E-state index is -0.706. The maximum Gasteiger partial charge on any atom is 0.306 e. The second-order valence-corrected chi connectivity index (χ2v) is 5.87. The first-order valence-corrected chi connectivity index (χ1v) is 7.14. The van der Waals surface area contributed by atoms with Crippen LogP contribution in [0.15, 0.2) is 0 Å². The molecule has 5 nitrogen and oxygen atoms in total. The molecule has 0 saturated heterocycles. The van der Waals surface area contributed by atoms with Crippen LogP contribution in [0.5, 0.6) is 0 Å². The third kappa shape index (κ3) is 5.19. The average molecular weight is 270 g/mol. The van der Waals surface area contributed by atoms with Gasteiger partial charge in [0.25, 0.3) is 0 Å². The lowest BCUT2D eigenvalue weighted by molar-refractivity contribution is -0.142. The fourth-order valence-corrected chi connectivity index (χ4v) is 2.45. The third-order valence-corrected chi connectivity index (χ3v) is 4.06. The van der Waals surface area contributed by atoms with E-state index in [1.807, 2.05) is 6.92 Å². The third-order valence-electron chi connectivity index (χ3n) is 4.06. The first-order valence-electron chi connectivity index (χ1n) is 7.14. The predicted octanol–water partition coefficient (Wildman–Crippen LogP) is 1.24. The zero-order valence-corrected chi connectivity index (χ0v) is 12.1. The van der Waals surface area contributed by atoms with Crippen LogP contribution in [-0.2, 0) is 9.59 Å². The summed E-state index contributed by atoms with van der Waals surface area (Å²) in [6, 6.07) is 0.160. The van der Waals surface area contributed by atoms with E-state index in [4.69, 9.17) is 5.11 Å². The van der Waals surface area contributed by atoms with E-state index in [2.05, 4.69) is 24.5 Å². The Hall–Kier alpha value is -1.10. The van der Waals surface area contributed by atoms with Crippen LogP contribution in [0, 0.1) is 17.8 Å². The summed E-state index contributed by atoms with van der Waals surface area (Å²) in [6.45, 7) is 6.99. The highest BCUT2D eigenvalue weighted by molar-refractivity contribution is 5.78. The quantitative estimate of drug-likeness (QED) is 0.650. The van der Waals surface area contributed by atoms with E-state index in [9.17, 15) is 9.59 Å². The van der Waals surface area contributed by atoms with Crippen molar-refractivity contribution in [3.63, 3.8) is 0 Å². The van der Waals surface area contributed by atoms with E-state index >= 15 is 0 Å². The van der Waals surface area contributed by atoms with E-state index in [0.29, 0.717) is 12.5 Å². The van der Waals surface area contributed by atoms with Crippen LogP contribution in [0.2, 0.25) is 0 Å². The van der Waals surface area contributed by atoms with E-state index < -0.39 is 5.97 Å². The molecule has 3 N–H and O–H groups in total. The van der Waals surface area contributed by atoms with Crippen molar-refractivity contribution < 1.29 is 14.7 Å². The number of amides is 1. The number of hydrogen-bond acceptors (Lipinski definition) is 3. The molecule has 1 aliphatic rings. The predicted molar refractivity (Wildman–Crippen MR) is 73.8 cm³/mol. The molecule has 3 unspecified atom stereocenters. The van der Waals surface area contributed by atoms with Crippen molar-refractivity contribution in [3.8, 4) is 0 Å². The van der Waals surface area contributed by atoms with Gasteiger partial charge in [-0.15, -0.1) is 0 Å². The Morgan fingerprint density at radius 2 is 1.95 bits per heavy atom. The number of carboxylic acids is 1. The fraction of sp³-hybridized carbons (Fsp3) is 0.857. The molecule has 110 valence electrons. The zero-order chi connectivity index (χ0) is 14.4. The Kier molecular flexibility index (Phi) is 6.28. The highest BCUT2D eigenvalue weighted by atomic mass is 16.4. The Morgan fingerprint density at radius 1 is 1.26 bits per heavy atom. The molecule has 0 bridgehead atoms. The summed E-state index contributed by atoms with van der Waals surface area (Å²) in [5, 5.41) is 15.1. The van der Waals surface area contributed by atoms with Crippen molar-refractivity contribution in [1.29, 1.82) is 0 Å². The summed E-state index contributed by atoms with van der Waals surface area (Å²) in [6.07, 6.45) is 2.67. The van der Waals surface area contributed by atoms with E-state index in [0.717, 1.165) is 19.3 Å². The van der Waals surface area contributed by atoms with Crippen molar-refractivity contribution in [3.05, 3.63) is 0 Å². The summed E-state index contributed by atoms with van der Waals surface area (Å²) in [5.41, 5.74) is 0. The molecule has 0 aromatic heterocycles. The lowest BCUT2D eigenvalue weighted by atomic mass is 9.96. The molecule has 0 aliphatic heterocycles. The van der Waals surface area contributed by atoms with Gasteiger partial charge in [-0.1, -0.05) is 20.3 Å². The molecule has 0 spiro atoms. The molecule has 3 atom stereocenters. The molecule has 1 saturated carbocycles. The van der Waals surface area contributed by atoms with Gasteiger partial charge < -0.3 is 15.7 Å². The number of rotatable bonds is 7. The van der Waals surface area contributed by atoms with Gasteiger partial charge in [0.05, 0.1) is 12.5 Å². The lowest BCUT2D eigenvalue weighted by Crippen LogP contribution is -2.42. The van der Waals surface area contributed by atoms with Gasteiger partial charge in [-0.2, -0.15) is 0 Å². The van der Waals surface area contributed by atoms with Crippen LogP contribution < -0.4 is 10.6 Å². The summed E-state index contributed by atoms with van der Waals surface area (Å²) < 4.78 is 0. The van der Waals surface area contributed by atoms with Gasteiger partial charge in [-0.25, -0.2) is 0 Å². The van der Waals surface area contributed by atoms with E-state index in [1.165, 1.54) is 0 Å². The number of carboxylic acid groups (broad SMARTS) is 1. The molecule has 0 heterocycles. The minimum Gasteiger partial charge on any atom is -0.481 e. The fourth-order valence-electron chi connectivity index (χ4n) is 2.45. The minimum absolute atomic E-state index is 0.0222. The lowest BCUT2D eigenvalue weighted by Gasteiger charge is -2.19. The van der Waals surface area contributed by atoms with Crippen molar-refractivity contribution in [2.75, 3.05) is 13.1 Å². The topological polar surface area (TPSA) is 78.4 Å². The first-order chi connectivity index (χ1) is 8.91. The Labute approximate surface area is 115 Å². The molecule has 5 heteroatoms. The van der Waals surface area contributed by atoms with Gasteiger partial charge in [-0.3, -0.25) is 9.59 Å². The number of carbonyl (C=O) groups excluding carboxylic acids is 1. The average Bonchev–Trinajstić information content (AvgIpc) is 2.77. The largest absolute Gasteiger partial charge is 0.481 e. The zero-order valence-electron chi connectivity index (χ0n) is 12.1. The Morgan fingerprint density at radius 3 is 2.53 bits per heavy atom. The second-order valence-electron chi connectivity index (χ2n) is 5.87. The molecule has 0 aromatic carbocycles. The van der Waals surface area contributed by atoms with Gasteiger partial charge >= 0.3 is 5.97 Å². The molecule has 1 rings (SSSR count). The van der Waals surface area contributed by atoms with Gasteiger partial charge in [0.15, 0.2) is 0 Å². The van der Waals surface area contributed by atoms with Gasteiger partial charge in [0.1, 0.15) is 0 Å².